The summed E-state index contributed by atoms with van der Waals surface area (Å²) < 4.78 is 14.2. The fraction of sp³-hybridized carbons (Fsp3) is 0.238. The molecule has 1 N–H and O–H groups in total. The molecule has 4 aromatic rings. The van der Waals surface area contributed by atoms with Gasteiger partial charge in [0.25, 0.3) is 5.56 Å². The van der Waals surface area contributed by atoms with E-state index < -0.39 is 6.09 Å². The van der Waals surface area contributed by atoms with Crippen LogP contribution in [0.4, 0.5) is 10.5 Å². The van der Waals surface area contributed by atoms with Crippen LogP contribution in [0.5, 0.6) is 5.75 Å². The number of para-hydroxylation sites is 1. The van der Waals surface area contributed by atoms with E-state index in [1.165, 1.54) is 0 Å². The topological polar surface area (TPSA) is 99.8 Å². The summed E-state index contributed by atoms with van der Waals surface area (Å²) in [6, 6.07) is 14.3. The maximum Gasteiger partial charge on any atom is 0.411 e. The number of nitrogens with one attached hydrogen (secondary N) is 1. The Morgan fingerprint density at radius 1 is 1.10 bits per heavy atom. The molecule has 154 valence electrons. The Kier molecular flexibility index (Phi) is 5.34. The number of carbonyl (C=O) groups is 1. The van der Waals surface area contributed by atoms with Crippen molar-refractivity contribution in [3.63, 3.8) is 0 Å². The molecule has 0 saturated heterocycles. The van der Waals surface area contributed by atoms with Crippen LogP contribution >= 0.6 is 0 Å². The van der Waals surface area contributed by atoms with Gasteiger partial charge in [-0.1, -0.05) is 18.2 Å². The Labute approximate surface area is 171 Å². The molecule has 0 fully saturated rings. The summed E-state index contributed by atoms with van der Waals surface area (Å²) in [5, 5.41) is 11.7. The molecule has 4 rings (SSSR count). The molecule has 0 saturated carbocycles. The Bertz CT molecular complexity index is 1280. The van der Waals surface area contributed by atoms with Crippen molar-refractivity contribution in [3.8, 4) is 5.75 Å². The van der Waals surface area contributed by atoms with Crippen molar-refractivity contribution >= 4 is 28.5 Å². The van der Waals surface area contributed by atoms with Gasteiger partial charge in [-0.15, -0.1) is 10.2 Å². The molecular weight excluding hydrogens is 386 g/mol. The predicted molar refractivity (Wildman–Crippen MR) is 112 cm³/mol. The van der Waals surface area contributed by atoms with Gasteiger partial charge in [-0.3, -0.25) is 19.1 Å². The largest absolute Gasteiger partial charge is 0.486 e. The number of hydrogen-bond acceptors (Lipinski definition) is 6. The first-order valence-corrected chi connectivity index (χ1v) is 9.64. The lowest BCUT2D eigenvalue weighted by Crippen LogP contribution is -2.22. The second kappa shape index (κ2) is 8.24. The monoisotopic (exact) mass is 407 g/mol. The summed E-state index contributed by atoms with van der Waals surface area (Å²) in [7, 11) is 0. The maximum atomic E-state index is 12.7. The minimum absolute atomic E-state index is 0.0989. The minimum Gasteiger partial charge on any atom is -0.486 e. The van der Waals surface area contributed by atoms with Crippen LogP contribution < -0.4 is 15.6 Å². The van der Waals surface area contributed by atoms with E-state index in [0.717, 1.165) is 5.52 Å². The van der Waals surface area contributed by atoms with Crippen molar-refractivity contribution in [2.24, 2.45) is 0 Å². The summed E-state index contributed by atoms with van der Waals surface area (Å²) >= 11 is 0. The first-order valence-electron chi connectivity index (χ1n) is 9.64. The van der Waals surface area contributed by atoms with Gasteiger partial charge >= 0.3 is 6.09 Å². The van der Waals surface area contributed by atoms with Crippen molar-refractivity contribution in [1.29, 1.82) is 0 Å². The average Bonchev–Trinajstić information content (AvgIpc) is 3.17. The van der Waals surface area contributed by atoms with Gasteiger partial charge in [-0.05, 0) is 38.1 Å². The molecule has 0 aliphatic rings. The van der Waals surface area contributed by atoms with E-state index >= 15 is 0 Å². The molecule has 0 atom stereocenters. The van der Waals surface area contributed by atoms with Gasteiger partial charge in [0.1, 0.15) is 12.4 Å². The van der Waals surface area contributed by atoms with Crippen LogP contribution in [0.3, 0.4) is 0 Å². The van der Waals surface area contributed by atoms with Crippen molar-refractivity contribution in [2.45, 2.75) is 27.0 Å². The maximum absolute atomic E-state index is 12.7. The quantitative estimate of drug-likeness (QED) is 0.527. The zero-order valence-corrected chi connectivity index (χ0v) is 16.7. The van der Waals surface area contributed by atoms with E-state index in [-0.39, 0.29) is 12.2 Å². The summed E-state index contributed by atoms with van der Waals surface area (Å²) in [5.41, 5.74) is 1.18. The molecule has 9 nitrogen and oxygen atoms in total. The van der Waals surface area contributed by atoms with Crippen molar-refractivity contribution < 1.29 is 14.3 Å². The fourth-order valence-corrected chi connectivity index (χ4v) is 3.29. The molecule has 1 amide bonds. The molecule has 9 heteroatoms. The van der Waals surface area contributed by atoms with Crippen LogP contribution in [0, 0.1) is 0 Å². The number of carbonyl (C=O) groups excluding carboxylic acids is 1. The first-order chi connectivity index (χ1) is 14.6. The fourth-order valence-electron chi connectivity index (χ4n) is 3.29. The lowest BCUT2D eigenvalue weighted by molar-refractivity contribution is 0.168. The standard InChI is InChI=1S/C21H21N5O4/c1-3-25-19(27)16-10-5-6-11-17(16)26-18(23-24-20(25)26)13-30-15-9-7-8-14(12-15)22-21(28)29-4-2/h5-12H,3-4,13H2,1-2H3,(H,22,28). The number of ether oxygens (including phenoxy) is 2. The zero-order valence-electron chi connectivity index (χ0n) is 16.7. The molecule has 0 bridgehead atoms. The molecule has 30 heavy (non-hydrogen) atoms. The van der Waals surface area contributed by atoms with Crippen LogP contribution in [0.25, 0.3) is 16.7 Å². The van der Waals surface area contributed by atoms with Gasteiger partial charge in [-0.25, -0.2) is 4.79 Å². The van der Waals surface area contributed by atoms with Gasteiger partial charge in [0, 0.05) is 18.3 Å². The van der Waals surface area contributed by atoms with Gasteiger partial charge < -0.3 is 9.47 Å². The number of anilines is 1. The van der Waals surface area contributed by atoms with E-state index in [0.29, 0.717) is 41.6 Å². The second-order valence-electron chi connectivity index (χ2n) is 6.48. The van der Waals surface area contributed by atoms with Crippen LogP contribution in [0.1, 0.15) is 19.7 Å². The molecule has 2 aromatic carbocycles. The highest BCUT2D eigenvalue weighted by atomic mass is 16.5. The number of aryl methyl sites for hydroxylation is 1. The van der Waals surface area contributed by atoms with E-state index in [4.69, 9.17) is 9.47 Å². The summed E-state index contributed by atoms with van der Waals surface area (Å²) in [4.78, 5) is 24.3. The predicted octanol–water partition coefficient (Wildman–Crippen LogP) is 3.21. The van der Waals surface area contributed by atoms with Gasteiger partial charge in [0.15, 0.2) is 5.82 Å². The van der Waals surface area contributed by atoms with E-state index in [1.54, 1.807) is 41.8 Å². The lowest BCUT2D eigenvalue weighted by Gasteiger charge is -2.11. The Balaban J connectivity index is 1.65. The van der Waals surface area contributed by atoms with Gasteiger partial charge in [0.2, 0.25) is 5.78 Å². The van der Waals surface area contributed by atoms with Crippen LogP contribution in [-0.4, -0.2) is 31.9 Å². The number of benzene rings is 2. The molecule has 0 aliphatic carbocycles. The van der Waals surface area contributed by atoms with Crippen molar-refractivity contribution in [2.75, 3.05) is 11.9 Å². The highest BCUT2D eigenvalue weighted by Crippen LogP contribution is 2.20. The van der Waals surface area contributed by atoms with Crippen LogP contribution in [0.2, 0.25) is 0 Å². The third kappa shape index (κ3) is 3.57. The smallest absolute Gasteiger partial charge is 0.411 e. The molecule has 0 aliphatic heterocycles. The normalized spacial score (nSPS) is 11.0. The molecular formula is C21H21N5O4. The molecule has 2 aromatic heterocycles. The second-order valence-corrected chi connectivity index (χ2v) is 6.48. The molecule has 0 radical (unpaired) electrons. The Hall–Kier alpha value is -3.88. The van der Waals surface area contributed by atoms with Crippen LogP contribution in [0.15, 0.2) is 53.3 Å². The summed E-state index contributed by atoms with van der Waals surface area (Å²) in [6.07, 6.45) is -0.526. The number of rotatable bonds is 6. The number of aromatic nitrogens is 4. The molecule has 0 unspecified atom stereocenters. The third-order valence-corrected chi connectivity index (χ3v) is 4.61. The summed E-state index contributed by atoms with van der Waals surface area (Å²) in [6.45, 7) is 4.54. The van der Waals surface area contributed by atoms with E-state index in [9.17, 15) is 9.59 Å². The lowest BCUT2D eigenvalue weighted by atomic mass is 10.2. The third-order valence-electron chi connectivity index (χ3n) is 4.61. The zero-order chi connectivity index (χ0) is 21.1. The average molecular weight is 407 g/mol. The Morgan fingerprint density at radius 3 is 2.73 bits per heavy atom. The van der Waals surface area contributed by atoms with Crippen LogP contribution in [-0.2, 0) is 17.9 Å². The SMILES string of the molecule is CCOC(=O)Nc1cccc(OCc2nnc3n(CC)c(=O)c4ccccc4n23)c1. The highest BCUT2D eigenvalue weighted by molar-refractivity contribution is 5.84. The highest BCUT2D eigenvalue weighted by Gasteiger charge is 2.16. The molecule has 0 spiro atoms. The summed E-state index contributed by atoms with van der Waals surface area (Å²) in [5.74, 6) is 1.58. The van der Waals surface area contributed by atoms with E-state index in [1.807, 2.05) is 29.5 Å². The van der Waals surface area contributed by atoms with Gasteiger partial charge in [-0.2, -0.15) is 0 Å². The van der Waals surface area contributed by atoms with E-state index in [2.05, 4.69) is 15.5 Å². The number of nitrogens with zero attached hydrogens (tertiary/aromatic N) is 4. The van der Waals surface area contributed by atoms with Crippen molar-refractivity contribution in [1.82, 2.24) is 19.2 Å². The number of hydrogen-bond donors (Lipinski definition) is 1. The molecule has 2 heterocycles. The Morgan fingerprint density at radius 2 is 1.93 bits per heavy atom. The van der Waals surface area contributed by atoms with Crippen molar-refractivity contribution in [3.05, 3.63) is 64.7 Å². The first kappa shape index (κ1) is 19.4. The number of fused-ring (bicyclic) bond motifs is 3. The minimum atomic E-state index is -0.526. The number of amides is 1. The van der Waals surface area contributed by atoms with Gasteiger partial charge in [0.05, 0.1) is 17.5 Å².